The van der Waals surface area contributed by atoms with E-state index in [1.807, 2.05) is 0 Å². The predicted molar refractivity (Wildman–Crippen MR) is 85.0 cm³/mol. The summed E-state index contributed by atoms with van der Waals surface area (Å²) in [6.45, 7) is 0. The number of carbonyl (C=O) groups excluding carboxylic acids is 4. The van der Waals surface area contributed by atoms with Crippen molar-refractivity contribution in [3.63, 3.8) is 0 Å². The number of carbonyl (C=O) groups is 4. The maximum atomic E-state index is 12.4. The van der Waals surface area contributed by atoms with Gasteiger partial charge in [-0.2, -0.15) is 4.40 Å². The highest BCUT2D eigenvalue weighted by Gasteiger charge is 2.41. The van der Waals surface area contributed by atoms with Gasteiger partial charge in [-0.1, -0.05) is 0 Å². The van der Waals surface area contributed by atoms with E-state index < -0.39 is 45.2 Å². The van der Waals surface area contributed by atoms with Crippen molar-refractivity contribution < 1.29 is 71.4 Å². The van der Waals surface area contributed by atoms with E-state index in [0.717, 1.165) is 28.4 Å². The lowest BCUT2D eigenvalue weighted by Crippen LogP contribution is -2.68. The number of methoxy groups -OCH3 is 4. The summed E-state index contributed by atoms with van der Waals surface area (Å²) in [5.41, 5.74) is -1.29. The fourth-order valence-corrected chi connectivity index (χ4v) is 2.55. The molecular formula is C17H16ClNO12. The van der Waals surface area contributed by atoms with E-state index in [1.54, 1.807) is 12.1 Å². The molecule has 0 spiro atoms. The van der Waals surface area contributed by atoms with Crippen LogP contribution in [0.1, 0.15) is 41.6 Å². The first-order valence-electron chi connectivity index (χ1n) is 7.88. The molecule has 2 aromatic rings. The highest BCUT2D eigenvalue weighted by atomic mass is 35.7. The van der Waals surface area contributed by atoms with Gasteiger partial charge in [-0.25, -0.2) is 37.8 Å². The van der Waals surface area contributed by atoms with Gasteiger partial charge in [0.2, 0.25) is 5.52 Å². The van der Waals surface area contributed by atoms with Crippen LogP contribution in [0.25, 0.3) is 5.52 Å². The third-order valence-corrected chi connectivity index (χ3v) is 3.64. The van der Waals surface area contributed by atoms with Gasteiger partial charge in [-0.15, -0.1) is 10.2 Å². The molecule has 13 nitrogen and oxygen atoms in total. The van der Waals surface area contributed by atoms with Crippen LogP contribution in [0.15, 0.2) is 24.4 Å². The fraction of sp³-hybridized carbons (Fsp3) is 0.235. The minimum atomic E-state index is -4.94. The summed E-state index contributed by atoms with van der Waals surface area (Å²) < 4.78 is 54.1. The lowest BCUT2D eigenvalue weighted by molar-refractivity contribution is -2.00. The number of ether oxygens (including phenoxy) is 4. The van der Waals surface area contributed by atoms with Crippen LogP contribution in [0.5, 0.6) is 0 Å². The average molecular weight is 462 g/mol. The summed E-state index contributed by atoms with van der Waals surface area (Å²) in [6.07, 6.45) is 1.43. The third-order valence-electron chi connectivity index (χ3n) is 3.64. The Kier molecular flexibility index (Phi) is 8.78. The average Bonchev–Trinajstić information content (AvgIpc) is 2.73. The molecule has 0 bridgehead atoms. The van der Waals surface area contributed by atoms with Crippen LogP contribution in [0, 0.1) is 10.2 Å². The van der Waals surface area contributed by atoms with Crippen LogP contribution in [0.4, 0.5) is 0 Å². The lowest BCUT2D eigenvalue weighted by atomic mass is 9.97. The SMILES string of the molecule is COC(=O)c1c(C(=O)OC)c(C(=O)OC)[n+]2ccccc2c1C(=O)OC.[O-][Cl+3]([O-])([O-])[O-]. The summed E-state index contributed by atoms with van der Waals surface area (Å²) in [4.78, 5) is 49.5. The summed E-state index contributed by atoms with van der Waals surface area (Å²) in [5, 5.41) is 0. The van der Waals surface area contributed by atoms with E-state index in [9.17, 15) is 19.2 Å². The Balaban J connectivity index is 0.000000861. The zero-order valence-electron chi connectivity index (χ0n) is 16.5. The van der Waals surface area contributed by atoms with Gasteiger partial charge in [0.1, 0.15) is 11.1 Å². The monoisotopic (exact) mass is 461 g/mol. The van der Waals surface area contributed by atoms with Crippen molar-refractivity contribution in [3.05, 3.63) is 46.8 Å². The van der Waals surface area contributed by atoms with E-state index in [-0.39, 0.29) is 16.8 Å². The molecule has 0 unspecified atom stereocenters. The van der Waals surface area contributed by atoms with Gasteiger partial charge in [0.15, 0.2) is 11.8 Å². The molecule has 0 amide bonds. The minimum absolute atomic E-state index is 0.146. The second-order valence-electron chi connectivity index (χ2n) is 5.27. The van der Waals surface area contributed by atoms with Gasteiger partial charge in [0.05, 0.1) is 28.4 Å². The van der Waals surface area contributed by atoms with Crippen LogP contribution >= 0.6 is 0 Å². The number of esters is 4. The molecule has 0 aliphatic rings. The Morgan fingerprint density at radius 2 is 1.13 bits per heavy atom. The van der Waals surface area contributed by atoms with Gasteiger partial charge < -0.3 is 18.9 Å². The van der Waals surface area contributed by atoms with Crippen LogP contribution < -0.4 is 23.0 Å². The van der Waals surface area contributed by atoms with E-state index >= 15 is 0 Å². The van der Waals surface area contributed by atoms with Crippen molar-refractivity contribution in [1.82, 2.24) is 0 Å². The molecule has 168 valence electrons. The third kappa shape index (κ3) is 6.07. The number of fused-ring (bicyclic) bond motifs is 1. The molecule has 0 N–H and O–H groups in total. The number of hydrogen-bond donors (Lipinski definition) is 0. The smallest absolute Gasteiger partial charge is 0.404 e. The van der Waals surface area contributed by atoms with Gasteiger partial charge >= 0.3 is 29.6 Å². The molecular weight excluding hydrogens is 446 g/mol. The van der Waals surface area contributed by atoms with Crippen LogP contribution in [-0.4, -0.2) is 52.3 Å². The molecule has 2 heterocycles. The van der Waals surface area contributed by atoms with E-state index in [4.69, 9.17) is 37.6 Å². The quantitative estimate of drug-likeness (QED) is 0.242. The van der Waals surface area contributed by atoms with E-state index in [1.165, 1.54) is 16.7 Å². The highest BCUT2D eigenvalue weighted by Crippen LogP contribution is 2.24. The van der Waals surface area contributed by atoms with Crippen molar-refractivity contribution in [3.8, 4) is 0 Å². The molecule has 0 radical (unpaired) electrons. The molecule has 31 heavy (non-hydrogen) atoms. The van der Waals surface area contributed by atoms with Gasteiger partial charge in [0.25, 0.3) is 0 Å². The Labute approximate surface area is 176 Å². The second kappa shape index (κ2) is 10.6. The molecule has 0 atom stereocenters. The Hall–Kier alpha value is -3.36. The topological polar surface area (TPSA) is 202 Å². The standard InChI is InChI=1S/C17H16NO8.ClHO4/c1-23-14(19)10-9-7-5-6-8-18(9)13(17(22)26-4)12(16(21)25-3)11(10)15(20)24-2;2-1(3,4)5/h5-8H,1-4H3;(H,2,3,4,5)/q+1;/p-1. The van der Waals surface area contributed by atoms with E-state index in [2.05, 4.69) is 0 Å². The lowest BCUT2D eigenvalue weighted by Gasteiger charge is -2.17. The van der Waals surface area contributed by atoms with Crippen molar-refractivity contribution in [2.45, 2.75) is 0 Å². The Morgan fingerprint density at radius 1 is 0.710 bits per heavy atom. The first-order valence-corrected chi connectivity index (χ1v) is 9.11. The number of pyridine rings is 2. The second-order valence-corrected chi connectivity index (χ2v) is 6.03. The number of nitrogens with zero attached hydrogens (tertiary/aromatic N) is 1. The zero-order chi connectivity index (χ0) is 23.9. The van der Waals surface area contributed by atoms with Crippen LogP contribution in [-0.2, 0) is 18.9 Å². The molecule has 2 aromatic heterocycles. The molecule has 0 aliphatic heterocycles. The van der Waals surface area contributed by atoms with Crippen LogP contribution in [0.3, 0.4) is 0 Å². The van der Waals surface area contributed by atoms with Gasteiger partial charge in [-0.05, 0) is 6.07 Å². The van der Waals surface area contributed by atoms with Gasteiger partial charge in [0, 0.05) is 12.1 Å². The Morgan fingerprint density at radius 3 is 1.58 bits per heavy atom. The van der Waals surface area contributed by atoms with Crippen molar-refractivity contribution in [1.29, 1.82) is 0 Å². The van der Waals surface area contributed by atoms with Crippen molar-refractivity contribution >= 4 is 29.4 Å². The number of rotatable bonds is 4. The summed E-state index contributed by atoms with van der Waals surface area (Å²) in [6, 6.07) is 4.63. The molecule has 0 aliphatic carbocycles. The normalized spacial score (nSPS) is 10.5. The van der Waals surface area contributed by atoms with Crippen molar-refractivity contribution in [2.24, 2.45) is 0 Å². The molecule has 2 rings (SSSR count). The van der Waals surface area contributed by atoms with Crippen molar-refractivity contribution in [2.75, 3.05) is 28.4 Å². The largest absolute Gasteiger partial charge is 0.465 e. The Bertz CT molecular complexity index is 934. The molecule has 0 fully saturated rings. The summed E-state index contributed by atoms with van der Waals surface area (Å²) in [7, 11) is -0.563. The first-order chi connectivity index (χ1) is 14.4. The zero-order valence-corrected chi connectivity index (χ0v) is 17.3. The first kappa shape index (κ1) is 25.7. The maximum absolute atomic E-state index is 12.4. The number of hydrogen-bond acceptors (Lipinski definition) is 12. The molecule has 0 saturated carbocycles. The maximum Gasteiger partial charge on any atom is 0.404 e. The summed E-state index contributed by atoms with van der Waals surface area (Å²) >= 11 is 0. The minimum Gasteiger partial charge on any atom is -0.465 e. The predicted octanol–water partition coefficient (Wildman–Crippen LogP) is -4.18. The number of halogens is 1. The highest BCUT2D eigenvalue weighted by molar-refractivity contribution is 6.15. The molecule has 0 saturated heterocycles. The summed E-state index contributed by atoms with van der Waals surface area (Å²) in [5.74, 6) is -3.83. The molecule has 14 heteroatoms. The van der Waals surface area contributed by atoms with E-state index in [0.29, 0.717) is 0 Å². The van der Waals surface area contributed by atoms with Gasteiger partial charge in [-0.3, -0.25) is 0 Å². The van der Waals surface area contributed by atoms with Crippen LogP contribution in [0.2, 0.25) is 0 Å². The fourth-order valence-electron chi connectivity index (χ4n) is 2.55. The molecule has 0 aromatic carbocycles. The number of aromatic nitrogens is 1.